The van der Waals surface area contributed by atoms with Gasteiger partial charge in [-0.05, 0) is 19.8 Å². The molecular formula is C14H23IN6O2. The van der Waals surface area contributed by atoms with Gasteiger partial charge in [0.15, 0.2) is 17.5 Å². The summed E-state index contributed by atoms with van der Waals surface area (Å²) in [5, 5.41) is 14.0. The summed E-state index contributed by atoms with van der Waals surface area (Å²) in [7, 11) is 0. The molecule has 0 aliphatic rings. The first-order valence-corrected chi connectivity index (χ1v) is 7.35. The number of nitrogens with zero attached hydrogens (tertiary/aromatic N) is 4. The lowest BCUT2D eigenvalue weighted by atomic mass is 10.1. The van der Waals surface area contributed by atoms with E-state index in [9.17, 15) is 0 Å². The lowest BCUT2D eigenvalue weighted by Crippen LogP contribution is -2.36. The molecule has 2 aromatic heterocycles. The van der Waals surface area contributed by atoms with E-state index in [0.717, 1.165) is 18.0 Å². The molecule has 0 spiro atoms. The average molecular weight is 434 g/mol. The molecule has 2 heterocycles. The van der Waals surface area contributed by atoms with Gasteiger partial charge in [0.2, 0.25) is 5.89 Å². The minimum Gasteiger partial charge on any atom is -0.359 e. The molecule has 0 saturated heterocycles. The fraction of sp³-hybridized carbons (Fsp3) is 0.571. The Morgan fingerprint density at radius 2 is 2.04 bits per heavy atom. The van der Waals surface area contributed by atoms with Gasteiger partial charge in [-0.1, -0.05) is 24.2 Å². The van der Waals surface area contributed by atoms with Gasteiger partial charge in [0, 0.05) is 12.6 Å². The minimum atomic E-state index is 0. The van der Waals surface area contributed by atoms with Gasteiger partial charge in [-0.2, -0.15) is 4.98 Å². The first kappa shape index (κ1) is 19.4. The highest BCUT2D eigenvalue weighted by Crippen LogP contribution is 2.14. The summed E-state index contributed by atoms with van der Waals surface area (Å²) in [4.78, 5) is 8.58. The SMILES string of the molecule is CCNC(=NCc1cc(C(C)C)no1)NCc1nc(C)no1.I. The molecule has 0 aliphatic carbocycles. The predicted molar refractivity (Wildman–Crippen MR) is 96.7 cm³/mol. The van der Waals surface area contributed by atoms with Crippen LogP contribution in [0.4, 0.5) is 0 Å². The molecule has 23 heavy (non-hydrogen) atoms. The number of halogens is 1. The van der Waals surface area contributed by atoms with Crippen molar-refractivity contribution >= 4 is 29.9 Å². The number of aliphatic imine (C=N–C) groups is 1. The molecule has 0 atom stereocenters. The third-order valence-electron chi connectivity index (χ3n) is 2.88. The zero-order chi connectivity index (χ0) is 15.9. The normalized spacial score (nSPS) is 11.4. The molecule has 128 valence electrons. The molecule has 2 aromatic rings. The quantitative estimate of drug-likeness (QED) is 0.409. The second-order valence-corrected chi connectivity index (χ2v) is 5.16. The lowest BCUT2D eigenvalue weighted by molar-refractivity contribution is 0.370. The van der Waals surface area contributed by atoms with Crippen molar-refractivity contribution in [2.75, 3.05) is 6.54 Å². The van der Waals surface area contributed by atoms with Gasteiger partial charge in [0.05, 0.1) is 12.2 Å². The highest BCUT2D eigenvalue weighted by atomic mass is 127. The van der Waals surface area contributed by atoms with Crippen LogP contribution in [-0.4, -0.2) is 27.8 Å². The topological polar surface area (TPSA) is 101 Å². The summed E-state index contributed by atoms with van der Waals surface area (Å²) in [6, 6.07) is 1.93. The van der Waals surface area contributed by atoms with Gasteiger partial charge < -0.3 is 19.7 Å². The van der Waals surface area contributed by atoms with E-state index >= 15 is 0 Å². The maximum atomic E-state index is 5.27. The van der Waals surface area contributed by atoms with Crippen molar-refractivity contribution in [1.29, 1.82) is 0 Å². The maximum Gasteiger partial charge on any atom is 0.246 e. The summed E-state index contributed by atoms with van der Waals surface area (Å²) >= 11 is 0. The van der Waals surface area contributed by atoms with E-state index in [1.165, 1.54) is 0 Å². The maximum absolute atomic E-state index is 5.27. The van der Waals surface area contributed by atoms with Crippen LogP contribution in [0.15, 0.2) is 20.1 Å². The molecule has 0 radical (unpaired) electrons. The third kappa shape index (κ3) is 6.16. The molecule has 0 saturated carbocycles. The second kappa shape index (κ2) is 9.48. The molecule has 0 aliphatic heterocycles. The lowest BCUT2D eigenvalue weighted by Gasteiger charge is -2.08. The Balaban J connectivity index is 0.00000264. The predicted octanol–water partition coefficient (Wildman–Crippen LogP) is 2.36. The van der Waals surface area contributed by atoms with Gasteiger partial charge in [-0.25, -0.2) is 4.99 Å². The van der Waals surface area contributed by atoms with E-state index < -0.39 is 0 Å². The fourth-order valence-corrected chi connectivity index (χ4v) is 1.75. The van der Waals surface area contributed by atoms with E-state index in [1.54, 1.807) is 6.92 Å². The Hall–Kier alpha value is -1.65. The number of guanidine groups is 1. The van der Waals surface area contributed by atoms with Gasteiger partial charge in [0.1, 0.15) is 6.54 Å². The van der Waals surface area contributed by atoms with Crippen LogP contribution < -0.4 is 10.6 Å². The highest BCUT2D eigenvalue weighted by Gasteiger charge is 2.08. The van der Waals surface area contributed by atoms with Gasteiger partial charge in [-0.3, -0.25) is 0 Å². The van der Waals surface area contributed by atoms with Gasteiger partial charge >= 0.3 is 0 Å². The number of rotatable bonds is 6. The largest absolute Gasteiger partial charge is 0.359 e. The Bertz CT molecular complexity index is 622. The van der Waals surface area contributed by atoms with Crippen LogP contribution in [0.25, 0.3) is 0 Å². The second-order valence-electron chi connectivity index (χ2n) is 5.16. The van der Waals surface area contributed by atoms with E-state index in [-0.39, 0.29) is 24.0 Å². The van der Waals surface area contributed by atoms with Crippen molar-refractivity contribution in [3.63, 3.8) is 0 Å². The minimum absolute atomic E-state index is 0. The van der Waals surface area contributed by atoms with Crippen LogP contribution in [0.1, 0.15) is 49.9 Å². The summed E-state index contributed by atoms with van der Waals surface area (Å²) in [5.41, 5.74) is 0.935. The Kier molecular flexibility index (Phi) is 8.00. The first-order valence-electron chi connectivity index (χ1n) is 7.35. The number of nitrogens with one attached hydrogen (secondary N) is 2. The summed E-state index contributed by atoms with van der Waals surface area (Å²) in [6.45, 7) is 9.51. The van der Waals surface area contributed by atoms with Crippen molar-refractivity contribution in [2.24, 2.45) is 4.99 Å². The first-order chi connectivity index (χ1) is 10.6. The Morgan fingerprint density at radius 3 is 2.61 bits per heavy atom. The molecule has 2 rings (SSSR count). The van der Waals surface area contributed by atoms with E-state index in [0.29, 0.717) is 36.7 Å². The molecule has 8 nitrogen and oxygen atoms in total. The number of aromatic nitrogens is 3. The van der Waals surface area contributed by atoms with Crippen LogP contribution in [0.3, 0.4) is 0 Å². The van der Waals surface area contributed by atoms with Crippen LogP contribution in [-0.2, 0) is 13.1 Å². The van der Waals surface area contributed by atoms with Gasteiger partial charge in [0.25, 0.3) is 0 Å². The standard InChI is InChI=1S/C14H22N6O2.HI/c1-5-15-14(17-8-13-18-10(4)19-22-13)16-7-11-6-12(9(2)3)20-21-11;/h6,9H,5,7-8H2,1-4H3,(H2,15,16,17);1H. The summed E-state index contributed by atoms with van der Waals surface area (Å²) in [6.07, 6.45) is 0. The summed E-state index contributed by atoms with van der Waals surface area (Å²) < 4.78 is 10.3. The Labute approximate surface area is 152 Å². The zero-order valence-corrected chi connectivity index (χ0v) is 16.1. The van der Waals surface area contributed by atoms with Crippen molar-refractivity contribution in [3.05, 3.63) is 29.2 Å². The monoisotopic (exact) mass is 434 g/mol. The van der Waals surface area contributed by atoms with E-state index in [1.807, 2.05) is 13.0 Å². The van der Waals surface area contributed by atoms with Crippen molar-refractivity contribution in [3.8, 4) is 0 Å². The third-order valence-corrected chi connectivity index (χ3v) is 2.88. The molecule has 0 bridgehead atoms. The van der Waals surface area contributed by atoms with E-state index in [4.69, 9.17) is 9.05 Å². The van der Waals surface area contributed by atoms with E-state index in [2.05, 4.69) is 44.8 Å². The summed E-state index contributed by atoms with van der Waals surface area (Å²) in [5.74, 6) is 2.86. The highest BCUT2D eigenvalue weighted by molar-refractivity contribution is 14.0. The number of hydrogen-bond acceptors (Lipinski definition) is 6. The van der Waals surface area contributed by atoms with Crippen LogP contribution in [0.5, 0.6) is 0 Å². The molecule has 0 unspecified atom stereocenters. The molecular weight excluding hydrogens is 411 g/mol. The molecule has 0 fully saturated rings. The number of hydrogen-bond donors (Lipinski definition) is 2. The van der Waals surface area contributed by atoms with Crippen molar-refractivity contribution in [1.82, 2.24) is 25.9 Å². The fourth-order valence-electron chi connectivity index (χ4n) is 1.75. The number of aryl methyl sites for hydroxylation is 1. The smallest absolute Gasteiger partial charge is 0.246 e. The van der Waals surface area contributed by atoms with Gasteiger partial charge in [-0.15, -0.1) is 24.0 Å². The Morgan fingerprint density at radius 1 is 1.26 bits per heavy atom. The average Bonchev–Trinajstić information content (AvgIpc) is 3.11. The van der Waals surface area contributed by atoms with Crippen LogP contribution in [0.2, 0.25) is 0 Å². The molecule has 9 heteroatoms. The molecule has 0 aromatic carbocycles. The van der Waals surface area contributed by atoms with Crippen LogP contribution in [0, 0.1) is 6.92 Å². The van der Waals surface area contributed by atoms with Crippen molar-refractivity contribution < 1.29 is 9.05 Å². The molecule has 0 amide bonds. The zero-order valence-electron chi connectivity index (χ0n) is 13.8. The molecule has 2 N–H and O–H groups in total. The van der Waals surface area contributed by atoms with Crippen molar-refractivity contribution in [2.45, 2.75) is 46.7 Å². The van der Waals surface area contributed by atoms with Crippen LogP contribution >= 0.6 is 24.0 Å².